The molecule has 2 heterocycles. The zero-order valence-corrected chi connectivity index (χ0v) is 18.6. The normalized spacial score (nSPS) is 19.1. The maximum Gasteiger partial charge on any atom is 0.251 e. The van der Waals surface area contributed by atoms with Crippen LogP contribution in [0.25, 0.3) is 0 Å². The molecule has 1 aromatic heterocycles. The van der Waals surface area contributed by atoms with Gasteiger partial charge in [0.2, 0.25) is 10.0 Å². The lowest BCUT2D eigenvalue weighted by Crippen LogP contribution is -2.41. The van der Waals surface area contributed by atoms with Crippen molar-refractivity contribution >= 4 is 15.9 Å². The van der Waals surface area contributed by atoms with Gasteiger partial charge in [0.1, 0.15) is 0 Å². The van der Waals surface area contributed by atoms with E-state index in [1.807, 2.05) is 34.7 Å². The van der Waals surface area contributed by atoms with Gasteiger partial charge in [0.05, 0.1) is 16.6 Å². The number of hydrogen-bond donors (Lipinski definition) is 1. The molecule has 8 heteroatoms. The molecular formula is C21H30N4O3S. The van der Waals surface area contributed by atoms with Gasteiger partial charge in [-0.3, -0.25) is 9.48 Å². The van der Waals surface area contributed by atoms with Gasteiger partial charge in [-0.1, -0.05) is 6.42 Å². The molecule has 29 heavy (non-hydrogen) atoms. The molecule has 1 saturated heterocycles. The van der Waals surface area contributed by atoms with E-state index >= 15 is 0 Å². The third-order valence-corrected chi connectivity index (χ3v) is 7.84. The Bertz CT molecular complexity index is 996. The van der Waals surface area contributed by atoms with Crippen LogP contribution in [0.5, 0.6) is 0 Å². The molecule has 1 N–H and O–H groups in total. The smallest absolute Gasteiger partial charge is 0.251 e. The van der Waals surface area contributed by atoms with E-state index in [1.54, 1.807) is 21.1 Å². The van der Waals surface area contributed by atoms with Crippen LogP contribution in [0.3, 0.4) is 0 Å². The van der Waals surface area contributed by atoms with Gasteiger partial charge in [-0.05, 0) is 64.8 Å². The summed E-state index contributed by atoms with van der Waals surface area (Å²) in [7, 11) is -1.66. The number of amides is 1. The predicted molar refractivity (Wildman–Crippen MR) is 112 cm³/mol. The zero-order chi connectivity index (χ0) is 21.3. The zero-order valence-electron chi connectivity index (χ0n) is 17.8. The molecule has 1 amide bonds. The van der Waals surface area contributed by atoms with Gasteiger partial charge in [-0.15, -0.1) is 0 Å². The van der Waals surface area contributed by atoms with Gasteiger partial charge in [0, 0.05) is 36.5 Å². The first-order chi connectivity index (χ1) is 13.6. The number of piperidine rings is 1. The summed E-state index contributed by atoms with van der Waals surface area (Å²) in [6.45, 7) is 8.31. The monoisotopic (exact) mass is 418 g/mol. The van der Waals surface area contributed by atoms with Gasteiger partial charge in [0.25, 0.3) is 5.91 Å². The second-order valence-corrected chi connectivity index (χ2v) is 9.78. The molecule has 1 aliphatic heterocycles. The molecule has 2 unspecified atom stereocenters. The molecule has 2 atom stereocenters. The highest BCUT2D eigenvalue weighted by Crippen LogP contribution is 2.26. The number of aromatic nitrogens is 2. The van der Waals surface area contributed by atoms with Crippen LogP contribution in [0.2, 0.25) is 0 Å². The fourth-order valence-electron chi connectivity index (χ4n) is 4.11. The molecular weight excluding hydrogens is 388 g/mol. The molecule has 3 rings (SSSR count). The van der Waals surface area contributed by atoms with Crippen molar-refractivity contribution in [1.29, 1.82) is 0 Å². The van der Waals surface area contributed by atoms with Crippen molar-refractivity contribution in [2.75, 3.05) is 6.54 Å². The summed E-state index contributed by atoms with van der Waals surface area (Å²) in [6.07, 6.45) is 2.82. The Morgan fingerprint density at radius 2 is 1.86 bits per heavy atom. The predicted octanol–water partition coefficient (Wildman–Crippen LogP) is 3.09. The Balaban J connectivity index is 1.75. The van der Waals surface area contributed by atoms with Crippen molar-refractivity contribution in [3.8, 4) is 0 Å². The largest absolute Gasteiger partial charge is 0.345 e. The second-order valence-electron chi connectivity index (χ2n) is 7.89. The lowest BCUT2D eigenvalue weighted by atomic mass is 10.1. The molecule has 0 spiro atoms. The van der Waals surface area contributed by atoms with E-state index in [-0.39, 0.29) is 22.9 Å². The average Bonchev–Trinajstić information content (AvgIpc) is 2.93. The molecule has 2 aromatic rings. The number of benzene rings is 1. The summed E-state index contributed by atoms with van der Waals surface area (Å²) in [4.78, 5) is 12.9. The van der Waals surface area contributed by atoms with Gasteiger partial charge in [-0.25, -0.2) is 8.42 Å². The Hall–Kier alpha value is -2.19. The number of aryl methyl sites for hydroxylation is 2. The highest BCUT2D eigenvalue weighted by molar-refractivity contribution is 7.89. The van der Waals surface area contributed by atoms with Crippen LogP contribution in [0.4, 0.5) is 0 Å². The van der Waals surface area contributed by atoms with Crippen molar-refractivity contribution in [3.63, 3.8) is 0 Å². The fourth-order valence-corrected chi connectivity index (χ4v) is 5.81. The Labute approximate surface area is 173 Å². The minimum atomic E-state index is -3.54. The summed E-state index contributed by atoms with van der Waals surface area (Å²) >= 11 is 0. The second kappa shape index (κ2) is 8.28. The molecule has 0 saturated carbocycles. The van der Waals surface area contributed by atoms with Crippen molar-refractivity contribution in [3.05, 3.63) is 46.8 Å². The van der Waals surface area contributed by atoms with Crippen LogP contribution in [0.1, 0.15) is 66.5 Å². The first-order valence-electron chi connectivity index (χ1n) is 10.1. The van der Waals surface area contributed by atoms with Crippen LogP contribution >= 0.6 is 0 Å². The highest BCUT2D eigenvalue weighted by Gasteiger charge is 2.31. The molecule has 0 radical (unpaired) electrons. The quantitative estimate of drug-likeness (QED) is 0.809. The summed E-state index contributed by atoms with van der Waals surface area (Å²) in [5.74, 6) is -0.240. The van der Waals surface area contributed by atoms with Crippen molar-refractivity contribution in [2.24, 2.45) is 7.05 Å². The molecule has 0 bridgehead atoms. The summed E-state index contributed by atoms with van der Waals surface area (Å²) in [5.41, 5.74) is 3.32. The van der Waals surface area contributed by atoms with Crippen LogP contribution in [0, 0.1) is 13.8 Å². The Morgan fingerprint density at radius 1 is 1.21 bits per heavy atom. The van der Waals surface area contributed by atoms with Crippen molar-refractivity contribution in [1.82, 2.24) is 19.4 Å². The lowest BCUT2D eigenvalue weighted by Gasteiger charge is -2.32. The third-order valence-electron chi connectivity index (χ3n) is 5.81. The number of carbonyl (C=O) groups excluding carboxylic acids is 1. The molecule has 1 fully saturated rings. The Kier molecular flexibility index (Phi) is 6.14. The fraction of sp³-hybridized carbons (Fsp3) is 0.524. The Morgan fingerprint density at radius 3 is 2.41 bits per heavy atom. The van der Waals surface area contributed by atoms with Crippen LogP contribution < -0.4 is 5.32 Å². The SMILES string of the molecule is Cc1nn(C)c(C)c1C(C)NC(=O)c1ccc(S(=O)(=O)N2CCCCC2C)cc1. The number of rotatable bonds is 5. The summed E-state index contributed by atoms with van der Waals surface area (Å²) < 4.78 is 29.2. The van der Waals surface area contributed by atoms with Crippen LogP contribution in [-0.2, 0) is 17.1 Å². The van der Waals surface area contributed by atoms with E-state index in [1.165, 1.54) is 12.1 Å². The van der Waals surface area contributed by atoms with Gasteiger partial charge < -0.3 is 5.32 Å². The maximum atomic E-state index is 12.9. The van der Waals surface area contributed by atoms with E-state index in [2.05, 4.69) is 10.4 Å². The standard InChI is InChI=1S/C21H30N4O3S/c1-14-8-6-7-13-25(14)29(27,28)19-11-9-18(10-12-19)21(26)22-15(2)20-16(3)23-24(5)17(20)4/h9-12,14-15H,6-8,13H2,1-5H3,(H,22,26). The highest BCUT2D eigenvalue weighted by atomic mass is 32.2. The summed E-state index contributed by atoms with van der Waals surface area (Å²) in [6, 6.07) is 6.00. The number of carbonyl (C=O) groups is 1. The van der Waals surface area contributed by atoms with Crippen molar-refractivity contribution in [2.45, 2.75) is 63.9 Å². The van der Waals surface area contributed by atoms with Gasteiger partial charge >= 0.3 is 0 Å². The van der Waals surface area contributed by atoms with E-state index in [4.69, 9.17) is 0 Å². The number of nitrogens with zero attached hydrogens (tertiary/aromatic N) is 3. The van der Waals surface area contributed by atoms with Crippen LogP contribution in [0.15, 0.2) is 29.2 Å². The minimum absolute atomic E-state index is 0.00327. The molecule has 1 aromatic carbocycles. The first kappa shape index (κ1) is 21.5. The van der Waals surface area contributed by atoms with Gasteiger partial charge in [0.15, 0.2) is 0 Å². The molecule has 1 aliphatic rings. The van der Waals surface area contributed by atoms with E-state index < -0.39 is 10.0 Å². The summed E-state index contributed by atoms with van der Waals surface area (Å²) in [5, 5.41) is 7.38. The topological polar surface area (TPSA) is 84.3 Å². The lowest BCUT2D eigenvalue weighted by molar-refractivity contribution is 0.0939. The maximum absolute atomic E-state index is 12.9. The molecule has 0 aliphatic carbocycles. The molecule has 7 nitrogen and oxygen atoms in total. The average molecular weight is 419 g/mol. The van der Waals surface area contributed by atoms with Gasteiger partial charge in [-0.2, -0.15) is 9.40 Å². The third kappa shape index (κ3) is 4.23. The van der Waals surface area contributed by atoms with E-state index in [0.29, 0.717) is 12.1 Å². The first-order valence-corrected chi connectivity index (χ1v) is 11.5. The number of nitrogens with one attached hydrogen (secondary N) is 1. The van der Waals surface area contributed by atoms with E-state index in [9.17, 15) is 13.2 Å². The number of hydrogen-bond acceptors (Lipinski definition) is 4. The molecule has 158 valence electrons. The van der Waals surface area contributed by atoms with Crippen LogP contribution in [-0.4, -0.2) is 41.0 Å². The minimum Gasteiger partial charge on any atom is -0.345 e. The number of sulfonamides is 1. The van der Waals surface area contributed by atoms with E-state index in [0.717, 1.165) is 36.2 Å². The van der Waals surface area contributed by atoms with Crippen molar-refractivity contribution < 1.29 is 13.2 Å².